The summed E-state index contributed by atoms with van der Waals surface area (Å²) in [5.74, 6) is -2.19. The zero-order chi connectivity index (χ0) is 26.2. The second-order valence-electron chi connectivity index (χ2n) is 8.42. The number of ether oxygens (including phenoxy) is 2. The number of benzene rings is 3. The largest absolute Gasteiger partial charge is 0.466 e. The van der Waals surface area contributed by atoms with Crippen molar-refractivity contribution >= 4 is 41.4 Å². The van der Waals surface area contributed by atoms with Gasteiger partial charge < -0.3 is 9.47 Å². The Hall–Kier alpha value is -2.92. The molecule has 190 valence electrons. The van der Waals surface area contributed by atoms with Crippen molar-refractivity contribution in [1.82, 2.24) is 5.09 Å². The van der Waals surface area contributed by atoms with E-state index in [-0.39, 0.29) is 19.6 Å². The van der Waals surface area contributed by atoms with E-state index >= 15 is 0 Å². The fraction of sp³-hybridized carbons (Fsp3) is 0.286. The molecule has 8 heteroatoms. The fourth-order valence-electron chi connectivity index (χ4n) is 4.17. The van der Waals surface area contributed by atoms with Crippen LogP contribution in [0.25, 0.3) is 0 Å². The van der Waals surface area contributed by atoms with Crippen LogP contribution in [0.3, 0.4) is 0 Å². The Kier molecular flexibility index (Phi) is 9.49. The molecule has 3 aromatic rings. The van der Waals surface area contributed by atoms with Crippen molar-refractivity contribution in [3.63, 3.8) is 0 Å². The zero-order valence-electron chi connectivity index (χ0n) is 20.6. The van der Waals surface area contributed by atoms with Crippen molar-refractivity contribution in [3.05, 3.63) is 95.5 Å². The highest BCUT2D eigenvalue weighted by Gasteiger charge is 2.47. The molecule has 0 aliphatic heterocycles. The molecule has 0 amide bonds. The maximum absolute atomic E-state index is 15.0. The van der Waals surface area contributed by atoms with Crippen molar-refractivity contribution in [1.29, 1.82) is 0 Å². The van der Waals surface area contributed by atoms with Gasteiger partial charge in [-0.25, -0.2) is 5.09 Å². The standard InChI is InChI=1S/C28H31ClNO5P/c1-4-34-26(31)20-25(27(32)35-5-2)28(3,21-16-18-22(29)19-17-21)30-36(33,23-12-8-6-9-13-23)24-14-10-7-11-15-24/h6-19,25H,4-5,20H2,1-3H3,(H,30,33)/t25-,28-/m1/s1. The van der Waals surface area contributed by atoms with Gasteiger partial charge in [-0.1, -0.05) is 60.1 Å². The summed E-state index contributed by atoms with van der Waals surface area (Å²) in [4.78, 5) is 26.0. The molecule has 0 heterocycles. The van der Waals surface area contributed by atoms with Crippen LogP contribution in [-0.4, -0.2) is 25.2 Å². The number of hydrogen-bond acceptors (Lipinski definition) is 5. The molecule has 0 aliphatic rings. The van der Waals surface area contributed by atoms with Gasteiger partial charge in [-0.15, -0.1) is 0 Å². The van der Waals surface area contributed by atoms with E-state index in [2.05, 4.69) is 5.09 Å². The lowest BCUT2D eigenvalue weighted by Gasteiger charge is -2.40. The molecule has 3 aromatic carbocycles. The number of halogens is 1. The molecule has 0 unspecified atom stereocenters. The van der Waals surface area contributed by atoms with Gasteiger partial charge in [-0.2, -0.15) is 0 Å². The van der Waals surface area contributed by atoms with Crippen molar-refractivity contribution in [3.8, 4) is 0 Å². The first-order chi connectivity index (χ1) is 17.2. The second-order valence-corrected chi connectivity index (χ2v) is 11.3. The van der Waals surface area contributed by atoms with Crippen LogP contribution in [0.1, 0.15) is 32.8 Å². The summed E-state index contributed by atoms with van der Waals surface area (Å²) in [7, 11) is -3.54. The molecule has 0 aliphatic carbocycles. The third-order valence-electron chi connectivity index (χ3n) is 6.02. The molecule has 0 saturated heterocycles. The molecule has 1 N–H and O–H groups in total. The lowest BCUT2D eigenvalue weighted by atomic mass is 9.78. The maximum Gasteiger partial charge on any atom is 0.311 e. The van der Waals surface area contributed by atoms with Crippen LogP contribution in [0, 0.1) is 5.92 Å². The van der Waals surface area contributed by atoms with Crippen LogP contribution < -0.4 is 15.7 Å². The summed E-state index contributed by atoms with van der Waals surface area (Å²) in [6.45, 7) is 5.46. The summed E-state index contributed by atoms with van der Waals surface area (Å²) in [5.41, 5.74) is -0.675. The van der Waals surface area contributed by atoms with Gasteiger partial charge in [0.15, 0.2) is 0 Å². The lowest BCUT2D eigenvalue weighted by Crippen LogP contribution is -2.51. The normalized spacial score (nSPS) is 13.9. The Balaban J connectivity index is 2.24. The van der Waals surface area contributed by atoms with Gasteiger partial charge in [0, 0.05) is 15.6 Å². The van der Waals surface area contributed by atoms with E-state index in [1.54, 1.807) is 69.3 Å². The third kappa shape index (κ3) is 6.25. The van der Waals surface area contributed by atoms with Gasteiger partial charge in [0.25, 0.3) is 0 Å². The number of carbonyl (C=O) groups is 2. The van der Waals surface area contributed by atoms with Crippen LogP contribution in [-0.2, 0) is 29.2 Å². The molecule has 0 bridgehead atoms. The smallest absolute Gasteiger partial charge is 0.311 e. The first kappa shape index (κ1) is 27.7. The predicted molar refractivity (Wildman–Crippen MR) is 143 cm³/mol. The topological polar surface area (TPSA) is 81.7 Å². The van der Waals surface area contributed by atoms with E-state index in [1.165, 1.54) is 0 Å². The average Bonchev–Trinajstić information content (AvgIpc) is 2.89. The second kappa shape index (κ2) is 12.4. The minimum absolute atomic E-state index is 0.129. The quantitative estimate of drug-likeness (QED) is 0.272. The zero-order valence-corrected chi connectivity index (χ0v) is 22.3. The minimum Gasteiger partial charge on any atom is -0.466 e. The van der Waals surface area contributed by atoms with Crippen molar-refractivity contribution in [2.24, 2.45) is 5.92 Å². The highest BCUT2D eigenvalue weighted by Crippen LogP contribution is 2.47. The van der Waals surface area contributed by atoms with Crippen molar-refractivity contribution in [2.45, 2.75) is 32.7 Å². The van der Waals surface area contributed by atoms with E-state index in [1.807, 2.05) is 36.4 Å². The monoisotopic (exact) mass is 527 g/mol. The van der Waals surface area contributed by atoms with E-state index in [9.17, 15) is 14.2 Å². The van der Waals surface area contributed by atoms with Crippen LogP contribution in [0.2, 0.25) is 5.02 Å². The lowest BCUT2D eigenvalue weighted by molar-refractivity contribution is -0.157. The summed E-state index contributed by atoms with van der Waals surface area (Å²) < 4.78 is 25.5. The molecule has 0 saturated carbocycles. The SMILES string of the molecule is CCOC(=O)C[C@H](C(=O)OCC)[C@](C)(NP(=O)(c1ccccc1)c1ccccc1)c1ccc(Cl)cc1. The molecule has 0 aromatic heterocycles. The number of nitrogens with one attached hydrogen (secondary N) is 1. The van der Waals surface area contributed by atoms with Crippen LogP contribution in [0.15, 0.2) is 84.9 Å². The third-order valence-corrected chi connectivity index (χ3v) is 9.10. The van der Waals surface area contributed by atoms with Crippen molar-refractivity contribution in [2.75, 3.05) is 13.2 Å². The van der Waals surface area contributed by atoms with Gasteiger partial charge in [0.05, 0.1) is 31.1 Å². The summed E-state index contributed by atoms with van der Waals surface area (Å²) in [6, 6.07) is 25.0. The average molecular weight is 528 g/mol. The highest BCUT2D eigenvalue weighted by molar-refractivity contribution is 7.77. The molecule has 6 nitrogen and oxygen atoms in total. The molecule has 0 radical (unpaired) electrons. The van der Waals surface area contributed by atoms with Crippen LogP contribution >= 0.6 is 18.9 Å². The van der Waals surface area contributed by atoms with Gasteiger partial charge in [-0.3, -0.25) is 14.2 Å². The Morgan fingerprint density at radius 3 is 1.83 bits per heavy atom. The maximum atomic E-state index is 15.0. The number of hydrogen-bond donors (Lipinski definition) is 1. The van der Waals surface area contributed by atoms with Crippen LogP contribution in [0.4, 0.5) is 0 Å². The molecule has 3 rings (SSSR count). The van der Waals surface area contributed by atoms with E-state index in [4.69, 9.17) is 21.1 Å². The van der Waals surface area contributed by atoms with Gasteiger partial charge in [-0.05, 0) is 62.7 Å². The minimum atomic E-state index is -3.54. The van der Waals surface area contributed by atoms with Crippen LogP contribution in [0.5, 0.6) is 0 Å². The molecule has 0 fully saturated rings. The summed E-state index contributed by atoms with van der Waals surface area (Å²) in [5, 5.41) is 5.00. The summed E-state index contributed by atoms with van der Waals surface area (Å²) >= 11 is 6.16. The highest BCUT2D eigenvalue weighted by atomic mass is 35.5. The fourth-order valence-corrected chi connectivity index (χ4v) is 6.98. The van der Waals surface area contributed by atoms with Gasteiger partial charge in [0.1, 0.15) is 0 Å². The number of carbonyl (C=O) groups excluding carboxylic acids is 2. The number of rotatable bonds is 11. The molecule has 2 atom stereocenters. The Morgan fingerprint density at radius 2 is 1.36 bits per heavy atom. The van der Waals surface area contributed by atoms with Gasteiger partial charge >= 0.3 is 11.9 Å². The molecule has 36 heavy (non-hydrogen) atoms. The first-order valence-electron chi connectivity index (χ1n) is 11.8. The molecular formula is C28H31ClNO5P. The summed E-state index contributed by atoms with van der Waals surface area (Å²) in [6.07, 6.45) is -0.262. The Morgan fingerprint density at radius 1 is 0.861 bits per heavy atom. The Bertz CT molecular complexity index is 1160. The molecule has 0 spiro atoms. The first-order valence-corrected chi connectivity index (χ1v) is 13.9. The number of esters is 2. The Labute approximate surface area is 217 Å². The van der Waals surface area contributed by atoms with E-state index in [0.717, 1.165) is 0 Å². The predicted octanol–water partition coefficient (Wildman–Crippen LogP) is 5.21. The van der Waals surface area contributed by atoms with Gasteiger partial charge in [0.2, 0.25) is 7.29 Å². The van der Waals surface area contributed by atoms with E-state index < -0.39 is 30.7 Å². The molecular weight excluding hydrogens is 497 g/mol. The van der Waals surface area contributed by atoms with E-state index in [0.29, 0.717) is 21.2 Å². The van der Waals surface area contributed by atoms with Crippen molar-refractivity contribution < 1.29 is 23.6 Å².